The summed E-state index contributed by atoms with van der Waals surface area (Å²) in [5, 5.41) is 6.13. The number of allylic oxidation sites excluding steroid dienone is 3. The number of benzene rings is 2. The second kappa shape index (κ2) is 14.4. The summed E-state index contributed by atoms with van der Waals surface area (Å²) in [5.41, 5.74) is 4.38. The molecule has 2 unspecified atom stereocenters. The highest BCUT2D eigenvalue weighted by Gasteiger charge is 2.39. The normalized spacial score (nSPS) is 22.6. The van der Waals surface area contributed by atoms with Crippen molar-refractivity contribution in [3.63, 3.8) is 0 Å². The van der Waals surface area contributed by atoms with E-state index in [0.717, 1.165) is 54.6 Å². The smallest absolute Gasteiger partial charge is 0.254 e. The molecule has 2 saturated heterocycles. The molecular formula is C38H45N5O4. The maximum Gasteiger partial charge on any atom is 0.254 e. The first-order chi connectivity index (χ1) is 22.8. The van der Waals surface area contributed by atoms with Gasteiger partial charge in [-0.25, -0.2) is 0 Å². The monoisotopic (exact) mass is 635 g/mol. The summed E-state index contributed by atoms with van der Waals surface area (Å²) in [6.45, 7) is 1.25. The lowest BCUT2D eigenvalue weighted by molar-refractivity contribution is -0.142. The fraction of sp³-hybridized carbons (Fsp3) is 0.421. The summed E-state index contributed by atoms with van der Waals surface area (Å²) in [7, 11) is 3.92. The molecule has 4 aliphatic rings. The van der Waals surface area contributed by atoms with E-state index in [0.29, 0.717) is 37.9 Å². The Balaban J connectivity index is 0.970. The molecular weight excluding hydrogens is 590 g/mol. The van der Waals surface area contributed by atoms with Gasteiger partial charge in [0.15, 0.2) is 0 Å². The summed E-state index contributed by atoms with van der Waals surface area (Å²) >= 11 is 0. The fourth-order valence-corrected chi connectivity index (χ4v) is 6.79. The molecule has 9 nitrogen and oxygen atoms in total. The highest BCUT2D eigenvalue weighted by molar-refractivity contribution is 5.99. The van der Waals surface area contributed by atoms with E-state index >= 15 is 0 Å². The average Bonchev–Trinajstić information content (AvgIpc) is 3.75. The predicted molar refractivity (Wildman–Crippen MR) is 185 cm³/mol. The van der Waals surface area contributed by atoms with Crippen LogP contribution < -0.4 is 15.5 Å². The van der Waals surface area contributed by atoms with Crippen LogP contribution in [0.15, 0.2) is 78.4 Å². The van der Waals surface area contributed by atoms with Crippen LogP contribution in [0.25, 0.3) is 6.08 Å². The van der Waals surface area contributed by atoms with Gasteiger partial charge in [-0.15, -0.1) is 0 Å². The lowest BCUT2D eigenvalue weighted by Gasteiger charge is -2.32. The molecule has 0 spiro atoms. The second-order valence-corrected chi connectivity index (χ2v) is 13.3. The minimum atomic E-state index is -0.464. The summed E-state index contributed by atoms with van der Waals surface area (Å²) in [5.74, 6) is -0.0824. The number of amides is 4. The zero-order valence-corrected chi connectivity index (χ0v) is 27.4. The maximum absolute atomic E-state index is 13.2. The first-order valence-electron chi connectivity index (χ1n) is 16.9. The number of carbonyl (C=O) groups is 4. The molecule has 2 aromatic carbocycles. The lowest BCUT2D eigenvalue weighted by atomic mass is 9.84. The van der Waals surface area contributed by atoms with E-state index in [1.807, 2.05) is 91.8 Å². The number of likely N-dealkylation sites (tertiary alicyclic amines) is 2. The number of hydrogen-bond acceptors (Lipinski definition) is 5. The minimum Gasteiger partial charge on any atom is -0.378 e. The third kappa shape index (κ3) is 7.50. The largest absolute Gasteiger partial charge is 0.378 e. The van der Waals surface area contributed by atoms with E-state index in [4.69, 9.17) is 0 Å². The molecule has 1 saturated carbocycles. The van der Waals surface area contributed by atoms with Gasteiger partial charge in [0.2, 0.25) is 17.7 Å². The number of rotatable bonds is 9. The van der Waals surface area contributed by atoms with E-state index < -0.39 is 6.04 Å². The highest BCUT2D eigenvalue weighted by atomic mass is 16.2. The van der Waals surface area contributed by atoms with Crippen LogP contribution in [-0.4, -0.2) is 78.7 Å². The van der Waals surface area contributed by atoms with Crippen molar-refractivity contribution in [2.75, 3.05) is 37.4 Å². The van der Waals surface area contributed by atoms with E-state index in [1.54, 1.807) is 9.80 Å². The molecule has 0 aromatic heterocycles. The van der Waals surface area contributed by atoms with E-state index in [2.05, 4.69) is 16.7 Å². The zero-order valence-electron chi connectivity index (χ0n) is 27.4. The first kappa shape index (κ1) is 32.3. The number of hydrogen-bond donors (Lipinski definition) is 2. The summed E-state index contributed by atoms with van der Waals surface area (Å²) < 4.78 is 0. The number of carbonyl (C=O) groups excluding carboxylic acids is 4. The summed E-state index contributed by atoms with van der Waals surface area (Å²) in [6.07, 6.45) is 16.9. The van der Waals surface area contributed by atoms with Crippen molar-refractivity contribution < 1.29 is 19.2 Å². The molecule has 4 amide bonds. The maximum atomic E-state index is 13.2. The van der Waals surface area contributed by atoms with Gasteiger partial charge in [0.1, 0.15) is 12.1 Å². The first-order valence-corrected chi connectivity index (χ1v) is 16.9. The Bertz CT molecular complexity index is 1570. The number of anilines is 2. The molecule has 246 valence electrons. The summed E-state index contributed by atoms with van der Waals surface area (Å²) in [4.78, 5) is 57.7. The zero-order chi connectivity index (χ0) is 32.9. The second-order valence-electron chi connectivity index (χ2n) is 13.3. The lowest BCUT2D eigenvalue weighted by Crippen LogP contribution is -2.48. The molecule has 2 aromatic rings. The molecule has 2 heterocycles. The van der Waals surface area contributed by atoms with Crippen LogP contribution in [0.3, 0.4) is 0 Å². The Labute approximate surface area is 277 Å². The van der Waals surface area contributed by atoms with Crippen molar-refractivity contribution in [1.29, 1.82) is 0 Å². The van der Waals surface area contributed by atoms with Gasteiger partial charge in [0, 0.05) is 50.0 Å². The van der Waals surface area contributed by atoms with Crippen LogP contribution in [0.2, 0.25) is 0 Å². The van der Waals surface area contributed by atoms with Crippen molar-refractivity contribution in [3.05, 3.63) is 89.5 Å². The number of nitrogens with zero attached hydrogens (tertiary/aromatic N) is 3. The molecule has 2 aliphatic heterocycles. The van der Waals surface area contributed by atoms with Crippen LogP contribution >= 0.6 is 0 Å². The predicted octanol–water partition coefficient (Wildman–Crippen LogP) is 5.17. The Kier molecular flexibility index (Phi) is 9.90. The van der Waals surface area contributed by atoms with E-state index in [9.17, 15) is 19.2 Å². The van der Waals surface area contributed by atoms with Gasteiger partial charge in [-0.1, -0.05) is 48.9 Å². The Morgan fingerprint density at radius 1 is 0.787 bits per heavy atom. The molecule has 6 rings (SSSR count). The number of nitrogens with one attached hydrogen (secondary N) is 2. The van der Waals surface area contributed by atoms with Crippen LogP contribution in [0.4, 0.5) is 11.4 Å². The third-order valence-corrected chi connectivity index (χ3v) is 9.84. The van der Waals surface area contributed by atoms with Crippen LogP contribution in [0, 0.1) is 5.92 Å². The fourth-order valence-electron chi connectivity index (χ4n) is 6.79. The average molecular weight is 636 g/mol. The van der Waals surface area contributed by atoms with Gasteiger partial charge in [-0.2, -0.15) is 0 Å². The molecule has 3 fully saturated rings. The highest BCUT2D eigenvalue weighted by Crippen LogP contribution is 2.31. The molecule has 2 aliphatic carbocycles. The van der Waals surface area contributed by atoms with Crippen LogP contribution in [0.1, 0.15) is 67.3 Å². The minimum absolute atomic E-state index is 0.103. The van der Waals surface area contributed by atoms with Crippen molar-refractivity contribution in [2.24, 2.45) is 5.92 Å². The van der Waals surface area contributed by atoms with Crippen molar-refractivity contribution in [3.8, 4) is 0 Å². The van der Waals surface area contributed by atoms with E-state index in [1.165, 1.54) is 0 Å². The van der Waals surface area contributed by atoms with Crippen molar-refractivity contribution >= 4 is 41.1 Å². The van der Waals surface area contributed by atoms with Gasteiger partial charge in [0.05, 0.1) is 6.04 Å². The molecule has 9 heteroatoms. The Morgan fingerprint density at radius 2 is 1.47 bits per heavy atom. The SMILES string of the molecule is CN(C)c1ccc(C(=O)N2CCCC2C(=O)NC2C=CC(/C=C/c3ccc(NC(=O)[C@@H]4CCCN4C(=O)C4CCC4)cc3)=CC2)cc1. The van der Waals surface area contributed by atoms with Crippen LogP contribution in [0.5, 0.6) is 0 Å². The van der Waals surface area contributed by atoms with Gasteiger partial charge in [-0.05, 0) is 92.5 Å². The topological polar surface area (TPSA) is 102 Å². The Morgan fingerprint density at radius 3 is 2.09 bits per heavy atom. The van der Waals surface area contributed by atoms with Gasteiger partial charge in [-0.3, -0.25) is 19.2 Å². The van der Waals surface area contributed by atoms with Gasteiger partial charge < -0.3 is 25.3 Å². The summed E-state index contributed by atoms with van der Waals surface area (Å²) in [6, 6.07) is 14.2. The quantitative estimate of drug-likeness (QED) is 0.396. The Hall–Kier alpha value is -4.66. The molecule has 47 heavy (non-hydrogen) atoms. The van der Waals surface area contributed by atoms with Crippen molar-refractivity contribution in [1.82, 2.24) is 15.1 Å². The molecule has 0 bridgehead atoms. The standard InChI is InChI=1S/C38H45N5O4/c1-41(2)32-22-16-29(17-23-32)38(47)43-25-5-9-34(43)36(45)40-31-20-14-27(15-21-31)11-10-26-12-18-30(19-13-26)39-35(44)33-8-4-24-42(33)37(46)28-6-3-7-28/h10-20,22-23,28,31,33-34H,3-9,21,24-25H2,1-2H3,(H,39,44)(H,40,45)/b11-10+/t31?,33-,34?/m0/s1. The molecule has 0 radical (unpaired) electrons. The third-order valence-electron chi connectivity index (χ3n) is 9.84. The molecule has 3 atom stereocenters. The van der Waals surface area contributed by atoms with Gasteiger partial charge >= 0.3 is 0 Å². The van der Waals surface area contributed by atoms with Gasteiger partial charge in [0.25, 0.3) is 5.91 Å². The van der Waals surface area contributed by atoms with Crippen LogP contribution in [-0.2, 0) is 14.4 Å². The van der Waals surface area contributed by atoms with E-state index in [-0.39, 0.29) is 41.6 Å². The van der Waals surface area contributed by atoms with Crippen molar-refractivity contribution in [2.45, 2.75) is 69.5 Å². The molecule has 2 N–H and O–H groups in total.